The number of nitrogens with one attached hydrogen (secondary N) is 1. The Morgan fingerprint density at radius 3 is 2.67 bits per heavy atom. The Balaban J connectivity index is 1.66. The average molecular weight is 241 g/mol. The molecule has 0 radical (unpaired) electrons. The predicted molar refractivity (Wildman–Crippen MR) is 80.2 cm³/mol. The van der Waals surface area contributed by atoms with Crippen molar-refractivity contribution >= 4 is 12.7 Å². The normalized spacial score (nSPS) is 21.4. The third-order valence-electron chi connectivity index (χ3n) is 5.17. The third kappa shape index (κ3) is 2.23. The van der Waals surface area contributed by atoms with Gasteiger partial charge in [-0.25, -0.2) is 0 Å². The summed E-state index contributed by atoms with van der Waals surface area (Å²) in [6.45, 7) is 7.02. The fourth-order valence-electron chi connectivity index (χ4n) is 3.46. The van der Waals surface area contributed by atoms with Gasteiger partial charge in [-0.1, -0.05) is 41.6 Å². The van der Waals surface area contributed by atoms with E-state index in [1.54, 1.807) is 11.0 Å². The van der Waals surface area contributed by atoms with Gasteiger partial charge in [0, 0.05) is 0 Å². The maximum atomic E-state index is 3.44. The maximum Gasteiger partial charge on any atom is 0.154 e. The fourth-order valence-corrected chi connectivity index (χ4v) is 3.46. The van der Waals surface area contributed by atoms with Crippen LogP contribution in [-0.2, 0) is 6.42 Å². The SMILES string of the molecule is CBc1cc(C)ccc1CCC1(C2CNC2)CC1. The first kappa shape index (κ1) is 12.3. The van der Waals surface area contributed by atoms with Gasteiger partial charge in [-0.2, -0.15) is 0 Å². The van der Waals surface area contributed by atoms with Gasteiger partial charge in [0.25, 0.3) is 0 Å². The fraction of sp³-hybridized carbons (Fsp3) is 0.625. The van der Waals surface area contributed by atoms with E-state index in [0.29, 0.717) is 0 Å². The molecule has 1 aliphatic carbocycles. The van der Waals surface area contributed by atoms with Crippen molar-refractivity contribution in [3.05, 3.63) is 29.3 Å². The topological polar surface area (TPSA) is 12.0 Å². The first-order valence-corrected chi connectivity index (χ1v) is 7.53. The van der Waals surface area contributed by atoms with Gasteiger partial charge in [-0.3, -0.25) is 0 Å². The molecule has 2 aliphatic rings. The molecule has 0 spiro atoms. The van der Waals surface area contributed by atoms with Crippen LogP contribution in [0.3, 0.4) is 0 Å². The monoisotopic (exact) mass is 241 g/mol. The van der Waals surface area contributed by atoms with E-state index in [1.165, 1.54) is 51.6 Å². The van der Waals surface area contributed by atoms with Gasteiger partial charge in [0.2, 0.25) is 0 Å². The van der Waals surface area contributed by atoms with E-state index in [2.05, 4.69) is 37.3 Å². The van der Waals surface area contributed by atoms with Crippen molar-refractivity contribution in [3.8, 4) is 0 Å². The first-order valence-electron chi connectivity index (χ1n) is 7.53. The first-order chi connectivity index (χ1) is 8.73. The second-order valence-corrected chi connectivity index (χ2v) is 6.34. The molecular formula is C16H24BN. The molecule has 1 N–H and O–H groups in total. The molecule has 0 bridgehead atoms. The minimum Gasteiger partial charge on any atom is -0.316 e. The highest BCUT2D eigenvalue weighted by atomic mass is 15.0. The summed E-state index contributed by atoms with van der Waals surface area (Å²) in [5.41, 5.74) is 5.29. The van der Waals surface area contributed by atoms with Crippen LogP contribution >= 0.6 is 0 Å². The van der Waals surface area contributed by atoms with Gasteiger partial charge in [0.1, 0.15) is 0 Å². The second-order valence-electron chi connectivity index (χ2n) is 6.34. The zero-order chi connectivity index (χ0) is 12.6. The number of rotatable bonds is 5. The lowest BCUT2D eigenvalue weighted by atomic mass is 9.69. The molecule has 0 unspecified atom stereocenters. The molecule has 1 saturated carbocycles. The Hall–Kier alpha value is -0.755. The Bertz CT molecular complexity index is 433. The smallest absolute Gasteiger partial charge is 0.154 e. The van der Waals surface area contributed by atoms with Gasteiger partial charge in [0.15, 0.2) is 7.28 Å². The maximum absolute atomic E-state index is 3.44. The van der Waals surface area contributed by atoms with Crippen LogP contribution < -0.4 is 10.8 Å². The highest BCUT2D eigenvalue weighted by molar-refractivity contribution is 6.52. The van der Waals surface area contributed by atoms with E-state index in [9.17, 15) is 0 Å². The molecule has 1 nitrogen and oxygen atoms in total. The zero-order valence-corrected chi connectivity index (χ0v) is 11.8. The Morgan fingerprint density at radius 2 is 2.11 bits per heavy atom. The molecule has 0 atom stereocenters. The van der Waals surface area contributed by atoms with Crippen LogP contribution in [0.15, 0.2) is 18.2 Å². The molecule has 2 fully saturated rings. The summed E-state index contributed by atoms with van der Waals surface area (Å²) in [5.74, 6) is 0.980. The Morgan fingerprint density at radius 1 is 1.33 bits per heavy atom. The molecule has 1 aliphatic heterocycles. The summed E-state index contributed by atoms with van der Waals surface area (Å²) in [6, 6.07) is 7.02. The molecule has 96 valence electrons. The van der Waals surface area contributed by atoms with Gasteiger partial charge in [-0.05, 0) is 57.0 Å². The van der Waals surface area contributed by atoms with Crippen molar-refractivity contribution in [2.24, 2.45) is 11.3 Å². The molecule has 0 amide bonds. The third-order valence-corrected chi connectivity index (χ3v) is 5.17. The summed E-state index contributed by atoms with van der Waals surface area (Å²) < 4.78 is 0. The van der Waals surface area contributed by atoms with E-state index in [0.717, 1.165) is 11.3 Å². The van der Waals surface area contributed by atoms with Crippen LogP contribution in [0.4, 0.5) is 0 Å². The summed E-state index contributed by atoms with van der Waals surface area (Å²) in [7, 11) is 1.18. The van der Waals surface area contributed by atoms with E-state index in [-0.39, 0.29) is 0 Å². The van der Waals surface area contributed by atoms with E-state index >= 15 is 0 Å². The molecular weight excluding hydrogens is 217 g/mol. The number of benzene rings is 1. The van der Waals surface area contributed by atoms with Crippen LogP contribution in [0.1, 0.15) is 30.4 Å². The van der Waals surface area contributed by atoms with Gasteiger partial charge < -0.3 is 5.32 Å². The van der Waals surface area contributed by atoms with Crippen LogP contribution in [-0.4, -0.2) is 20.4 Å². The lowest BCUT2D eigenvalue weighted by Gasteiger charge is -2.35. The van der Waals surface area contributed by atoms with Crippen molar-refractivity contribution in [1.82, 2.24) is 5.32 Å². The molecule has 3 rings (SSSR count). The van der Waals surface area contributed by atoms with Gasteiger partial charge >= 0.3 is 0 Å². The van der Waals surface area contributed by atoms with Crippen molar-refractivity contribution in [2.75, 3.05) is 13.1 Å². The Kier molecular flexibility index (Phi) is 3.23. The molecule has 1 heterocycles. The van der Waals surface area contributed by atoms with Crippen molar-refractivity contribution in [1.29, 1.82) is 0 Å². The molecule has 1 aromatic carbocycles. The van der Waals surface area contributed by atoms with Crippen molar-refractivity contribution < 1.29 is 0 Å². The zero-order valence-electron chi connectivity index (χ0n) is 11.8. The molecule has 1 aromatic rings. The van der Waals surface area contributed by atoms with Crippen LogP contribution in [0.2, 0.25) is 6.82 Å². The highest BCUT2D eigenvalue weighted by Gasteiger charge is 2.50. The standard InChI is InChI=1S/C16H24BN/c1-12-3-4-13(15(9-12)17-2)5-6-16(7-8-16)14-10-18-11-14/h3-4,9,14,17-18H,5-8,10-11H2,1-2H3. The van der Waals surface area contributed by atoms with Crippen LogP contribution in [0.5, 0.6) is 0 Å². The Labute approximate surface area is 112 Å². The lowest BCUT2D eigenvalue weighted by Crippen LogP contribution is -2.47. The lowest BCUT2D eigenvalue weighted by molar-refractivity contribution is 0.201. The summed E-state index contributed by atoms with van der Waals surface area (Å²) in [6.07, 6.45) is 5.66. The summed E-state index contributed by atoms with van der Waals surface area (Å²) >= 11 is 0. The number of hydrogen-bond donors (Lipinski definition) is 1. The van der Waals surface area contributed by atoms with Crippen molar-refractivity contribution in [3.63, 3.8) is 0 Å². The van der Waals surface area contributed by atoms with Crippen LogP contribution in [0.25, 0.3) is 0 Å². The largest absolute Gasteiger partial charge is 0.316 e. The summed E-state index contributed by atoms with van der Waals surface area (Å²) in [5, 5.41) is 3.44. The predicted octanol–water partition coefficient (Wildman–Crippen LogP) is 2.04. The highest BCUT2D eigenvalue weighted by Crippen LogP contribution is 2.56. The minimum atomic E-state index is 0.723. The van der Waals surface area contributed by atoms with Crippen LogP contribution in [0, 0.1) is 18.3 Å². The molecule has 1 saturated heterocycles. The van der Waals surface area contributed by atoms with E-state index < -0.39 is 0 Å². The minimum absolute atomic E-state index is 0.723. The van der Waals surface area contributed by atoms with Crippen molar-refractivity contribution in [2.45, 2.75) is 39.4 Å². The second kappa shape index (κ2) is 4.73. The quantitative estimate of drug-likeness (QED) is 0.778. The van der Waals surface area contributed by atoms with E-state index in [1.807, 2.05) is 0 Å². The molecule has 2 heteroatoms. The van der Waals surface area contributed by atoms with E-state index in [4.69, 9.17) is 0 Å². The number of aryl methyl sites for hydroxylation is 2. The summed E-state index contributed by atoms with van der Waals surface area (Å²) in [4.78, 5) is 0. The molecule has 18 heavy (non-hydrogen) atoms. The molecule has 0 aromatic heterocycles. The average Bonchev–Trinajstić information content (AvgIpc) is 3.06. The van der Waals surface area contributed by atoms with Gasteiger partial charge in [0.05, 0.1) is 0 Å². The number of hydrogen-bond acceptors (Lipinski definition) is 1. The van der Waals surface area contributed by atoms with Gasteiger partial charge in [-0.15, -0.1) is 0 Å².